The highest BCUT2D eigenvalue weighted by Gasteiger charge is 2.11. The molecule has 0 atom stereocenters. The van der Waals surface area contributed by atoms with E-state index in [2.05, 4.69) is 15.3 Å². The second kappa shape index (κ2) is 8.51. The monoisotopic (exact) mass is 365 g/mol. The van der Waals surface area contributed by atoms with Gasteiger partial charge in [0.25, 0.3) is 0 Å². The minimum atomic E-state index is -0.332. The molecular weight excluding hydrogens is 345 g/mol. The predicted molar refractivity (Wildman–Crippen MR) is 102 cm³/mol. The van der Waals surface area contributed by atoms with Crippen molar-refractivity contribution in [3.63, 3.8) is 0 Å². The van der Waals surface area contributed by atoms with Crippen LogP contribution in [0, 0.1) is 5.82 Å². The first-order valence-corrected chi connectivity index (χ1v) is 8.69. The van der Waals surface area contributed by atoms with Crippen LogP contribution >= 0.6 is 0 Å². The number of halogens is 1. The SMILES string of the molecule is CCc1nc(-c2ccc(CO)cc2)cnc1NC(=O)Cc1ccc(F)cc1. The molecule has 0 bridgehead atoms. The Morgan fingerprint density at radius 2 is 1.74 bits per heavy atom. The number of aryl methyl sites for hydroxylation is 1. The minimum Gasteiger partial charge on any atom is -0.392 e. The van der Waals surface area contributed by atoms with Crippen LogP contribution in [0.3, 0.4) is 0 Å². The average Bonchev–Trinajstić information content (AvgIpc) is 2.70. The maximum Gasteiger partial charge on any atom is 0.229 e. The number of aromatic nitrogens is 2. The Labute approximate surface area is 156 Å². The lowest BCUT2D eigenvalue weighted by molar-refractivity contribution is -0.115. The van der Waals surface area contributed by atoms with Crippen molar-refractivity contribution in [2.45, 2.75) is 26.4 Å². The third-order valence-electron chi connectivity index (χ3n) is 4.15. The lowest BCUT2D eigenvalue weighted by Gasteiger charge is -2.10. The van der Waals surface area contributed by atoms with Crippen LogP contribution in [-0.4, -0.2) is 21.0 Å². The Kier molecular flexibility index (Phi) is 5.88. The van der Waals surface area contributed by atoms with Crippen molar-refractivity contribution in [3.8, 4) is 11.3 Å². The molecule has 5 nitrogen and oxygen atoms in total. The Bertz CT molecular complexity index is 925. The Morgan fingerprint density at radius 1 is 1.07 bits per heavy atom. The van der Waals surface area contributed by atoms with Gasteiger partial charge < -0.3 is 10.4 Å². The van der Waals surface area contributed by atoms with Gasteiger partial charge in [-0.1, -0.05) is 43.3 Å². The number of rotatable bonds is 6. The third-order valence-corrected chi connectivity index (χ3v) is 4.15. The summed E-state index contributed by atoms with van der Waals surface area (Å²) in [6, 6.07) is 13.3. The van der Waals surface area contributed by atoms with Gasteiger partial charge in [-0.25, -0.2) is 14.4 Å². The number of hydrogen-bond donors (Lipinski definition) is 2. The molecule has 27 heavy (non-hydrogen) atoms. The number of aliphatic hydroxyl groups is 1. The maximum atomic E-state index is 13.0. The molecule has 0 aliphatic carbocycles. The molecule has 0 aliphatic rings. The van der Waals surface area contributed by atoms with Crippen LogP contribution in [-0.2, 0) is 24.2 Å². The van der Waals surface area contributed by atoms with E-state index in [4.69, 9.17) is 5.11 Å². The maximum absolute atomic E-state index is 13.0. The Balaban J connectivity index is 1.75. The van der Waals surface area contributed by atoms with Gasteiger partial charge in [-0.3, -0.25) is 4.79 Å². The molecule has 1 amide bonds. The fourth-order valence-electron chi connectivity index (χ4n) is 2.66. The largest absolute Gasteiger partial charge is 0.392 e. The zero-order valence-corrected chi connectivity index (χ0v) is 14.9. The number of hydrogen-bond acceptors (Lipinski definition) is 4. The molecule has 0 radical (unpaired) electrons. The van der Waals surface area contributed by atoms with Crippen LogP contribution in [0.5, 0.6) is 0 Å². The Morgan fingerprint density at radius 3 is 2.37 bits per heavy atom. The zero-order valence-electron chi connectivity index (χ0n) is 14.9. The van der Waals surface area contributed by atoms with Crippen molar-refractivity contribution in [1.29, 1.82) is 0 Å². The van der Waals surface area contributed by atoms with Crippen molar-refractivity contribution in [3.05, 3.63) is 77.4 Å². The topological polar surface area (TPSA) is 75.1 Å². The van der Waals surface area contributed by atoms with Crippen molar-refractivity contribution in [2.75, 3.05) is 5.32 Å². The molecule has 2 aromatic carbocycles. The number of anilines is 1. The average molecular weight is 365 g/mol. The normalized spacial score (nSPS) is 10.6. The fourth-order valence-corrected chi connectivity index (χ4v) is 2.66. The molecule has 1 aromatic heterocycles. The summed E-state index contributed by atoms with van der Waals surface area (Å²) in [5.74, 6) is -0.132. The van der Waals surface area contributed by atoms with Gasteiger partial charge in [0.05, 0.1) is 30.6 Å². The van der Waals surface area contributed by atoms with Gasteiger partial charge in [0, 0.05) is 5.56 Å². The van der Waals surface area contributed by atoms with Crippen molar-refractivity contribution in [2.24, 2.45) is 0 Å². The van der Waals surface area contributed by atoms with E-state index in [1.165, 1.54) is 12.1 Å². The van der Waals surface area contributed by atoms with E-state index in [1.54, 1.807) is 18.3 Å². The second-order valence-electron chi connectivity index (χ2n) is 6.11. The van der Waals surface area contributed by atoms with Gasteiger partial charge in [-0.15, -0.1) is 0 Å². The van der Waals surface area contributed by atoms with Crippen LogP contribution in [0.15, 0.2) is 54.7 Å². The summed E-state index contributed by atoms with van der Waals surface area (Å²) in [5, 5.41) is 11.9. The molecule has 0 saturated carbocycles. The molecule has 0 spiro atoms. The highest BCUT2D eigenvalue weighted by Crippen LogP contribution is 2.21. The quantitative estimate of drug-likeness (QED) is 0.701. The van der Waals surface area contributed by atoms with Gasteiger partial charge in [-0.2, -0.15) is 0 Å². The molecule has 1 heterocycles. The first kappa shape index (κ1) is 18.7. The summed E-state index contributed by atoms with van der Waals surface area (Å²) in [7, 11) is 0. The predicted octanol–water partition coefficient (Wildman–Crippen LogP) is 3.52. The number of nitrogens with zero attached hydrogens (tertiary/aromatic N) is 2. The molecular formula is C21H20FN3O2. The number of carbonyl (C=O) groups excluding carboxylic acids is 1. The van der Waals surface area contributed by atoms with Crippen LogP contribution in [0.25, 0.3) is 11.3 Å². The summed E-state index contributed by atoms with van der Waals surface area (Å²) in [4.78, 5) is 21.2. The molecule has 0 unspecified atom stereocenters. The zero-order chi connectivity index (χ0) is 19.2. The van der Waals surface area contributed by atoms with Gasteiger partial charge in [0.2, 0.25) is 5.91 Å². The van der Waals surface area contributed by atoms with Gasteiger partial charge in [-0.05, 0) is 29.7 Å². The summed E-state index contributed by atoms with van der Waals surface area (Å²) in [6.07, 6.45) is 2.36. The summed E-state index contributed by atoms with van der Waals surface area (Å²) in [5.41, 5.74) is 3.82. The summed E-state index contributed by atoms with van der Waals surface area (Å²) < 4.78 is 13.0. The summed E-state index contributed by atoms with van der Waals surface area (Å²) >= 11 is 0. The number of benzene rings is 2. The molecule has 138 valence electrons. The number of aliphatic hydroxyl groups excluding tert-OH is 1. The molecule has 6 heteroatoms. The second-order valence-corrected chi connectivity index (χ2v) is 6.11. The van der Waals surface area contributed by atoms with Crippen LogP contribution in [0.4, 0.5) is 10.2 Å². The van der Waals surface area contributed by atoms with Gasteiger partial charge >= 0.3 is 0 Å². The van der Waals surface area contributed by atoms with Gasteiger partial charge in [0.15, 0.2) is 5.82 Å². The first-order valence-electron chi connectivity index (χ1n) is 8.69. The molecule has 0 fully saturated rings. The Hall–Kier alpha value is -3.12. The molecule has 3 aromatic rings. The third kappa shape index (κ3) is 4.74. The number of nitrogens with one attached hydrogen (secondary N) is 1. The number of carbonyl (C=O) groups is 1. The van der Waals surface area contributed by atoms with E-state index in [9.17, 15) is 9.18 Å². The minimum absolute atomic E-state index is 0.00874. The van der Waals surface area contributed by atoms with E-state index in [-0.39, 0.29) is 24.8 Å². The first-order chi connectivity index (χ1) is 13.1. The highest BCUT2D eigenvalue weighted by molar-refractivity contribution is 5.91. The standard InChI is InChI=1S/C21H20FN3O2/c1-2-18-21(25-20(27)11-14-5-9-17(22)10-6-14)23-12-19(24-18)16-7-3-15(13-26)4-8-16/h3-10,12,26H,2,11,13H2,1H3,(H,23,25,27). The molecule has 2 N–H and O–H groups in total. The highest BCUT2D eigenvalue weighted by atomic mass is 19.1. The smallest absolute Gasteiger partial charge is 0.229 e. The fraction of sp³-hybridized carbons (Fsp3) is 0.190. The van der Waals surface area contributed by atoms with Crippen LogP contribution in [0.1, 0.15) is 23.7 Å². The van der Waals surface area contributed by atoms with E-state index in [0.717, 1.165) is 16.7 Å². The van der Waals surface area contributed by atoms with Crippen molar-refractivity contribution in [1.82, 2.24) is 9.97 Å². The molecule has 0 saturated heterocycles. The van der Waals surface area contributed by atoms with E-state index < -0.39 is 0 Å². The van der Waals surface area contributed by atoms with E-state index >= 15 is 0 Å². The lowest BCUT2D eigenvalue weighted by atomic mass is 10.1. The van der Waals surface area contributed by atoms with Crippen molar-refractivity contribution >= 4 is 11.7 Å². The molecule has 3 rings (SSSR count). The van der Waals surface area contributed by atoms with Crippen molar-refractivity contribution < 1.29 is 14.3 Å². The summed E-state index contributed by atoms with van der Waals surface area (Å²) in [6.45, 7) is 1.93. The van der Waals surface area contributed by atoms with E-state index in [1.807, 2.05) is 31.2 Å². The number of amides is 1. The van der Waals surface area contributed by atoms with E-state index in [0.29, 0.717) is 23.6 Å². The molecule has 0 aliphatic heterocycles. The van der Waals surface area contributed by atoms with Crippen LogP contribution in [0.2, 0.25) is 0 Å². The lowest BCUT2D eigenvalue weighted by Crippen LogP contribution is -2.17. The van der Waals surface area contributed by atoms with Crippen LogP contribution < -0.4 is 5.32 Å². The van der Waals surface area contributed by atoms with Gasteiger partial charge in [0.1, 0.15) is 5.82 Å².